The Morgan fingerprint density at radius 1 is 1.03 bits per heavy atom. The molecule has 10 heteroatoms. The second-order valence-electron chi connectivity index (χ2n) is 8.53. The Hall–Kier alpha value is -4.70. The summed E-state index contributed by atoms with van der Waals surface area (Å²) in [7, 11) is -0.453. The SMILES string of the molecule is C=S(C)c1nc(-c2ccc(F)cc2)c(C(=O)Nc2ccc(C)c(Nc3nccc(-c4cccnc4)n3)c2)[nH]1. The summed E-state index contributed by atoms with van der Waals surface area (Å²) >= 11 is 0. The molecular formula is C28H24FN7OS. The van der Waals surface area contributed by atoms with Crippen molar-refractivity contribution in [3.8, 4) is 22.5 Å². The molecule has 0 radical (unpaired) electrons. The third-order valence-electron chi connectivity index (χ3n) is 5.71. The standard InChI is InChI=1S/C28H24FN7OS/c1-17-6-11-21(15-23(17)34-27-31-14-12-22(33-27)19-5-4-13-30-16-19)32-26(37)25-24(35-28(36-25)38(2)3)18-7-9-20(29)10-8-18/h4-16H,2H2,1,3H3,(H,32,37)(H,35,36)(H,31,33,34). The molecule has 5 rings (SSSR count). The van der Waals surface area contributed by atoms with Gasteiger partial charge < -0.3 is 15.6 Å². The van der Waals surface area contributed by atoms with Gasteiger partial charge in [-0.1, -0.05) is 11.9 Å². The summed E-state index contributed by atoms with van der Waals surface area (Å²) in [4.78, 5) is 34.1. The van der Waals surface area contributed by atoms with E-state index < -0.39 is 10.5 Å². The quantitative estimate of drug-likeness (QED) is 0.223. The summed E-state index contributed by atoms with van der Waals surface area (Å²) in [5, 5.41) is 6.76. The lowest BCUT2D eigenvalue weighted by Crippen LogP contribution is -2.14. The Labute approximate surface area is 221 Å². The first kappa shape index (κ1) is 25.0. The maximum absolute atomic E-state index is 13.5. The number of anilines is 3. The van der Waals surface area contributed by atoms with Crippen molar-refractivity contribution in [1.29, 1.82) is 0 Å². The van der Waals surface area contributed by atoms with E-state index >= 15 is 0 Å². The molecule has 0 aliphatic rings. The number of amides is 1. The third-order valence-corrected chi connectivity index (χ3v) is 6.57. The highest BCUT2D eigenvalue weighted by atomic mass is 32.2. The van der Waals surface area contributed by atoms with Crippen molar-refractivity contribution in [3.05, 3.63) is 96.3 Å². The number of hydrogen-bond acceptors (Lipinski definition) is 6. The highest BCUT2D eigenvalue weighted by molar-refractivity contribution is 8.13. The molecule has 8 nitrogen and oxygen atoms in total. The first-order valence-corrected chi connectivity index (χ1v) is 13.4. The van der Waals surface area contributed by atoms with Gasteiger partial charge in [0.15, 0.2) is 5.16 Å². The number of aryl methyl sites for hydroxylation is 1. The van der Waals surface area contributed by atoms with E-state index in [0.717, 1.165) is 22.5 Å². The predicted molar refractivity (Wildman–Crippen MR) is 151 cm³/mol. The van der Waals surface area contributed by atoms with E-state index in [0.29, 0.717) is 28.0 Å². The van der Waals surface area contributed by atoms with Gasteiger partial charge in [0.05, 0.1) is 5.69 Å². The lowest BCUT2D eigenvalue weighted by Gasteiger charge is -2.12. The summed E-state index contributed by atoms with van der Waals surface area (Å²) in [5.74, 6) is 3.70. The van der Waals surface area contributed by atoms with Crippen molar-refractivity contribution in [2.75, 3.05) is 16.9 Å². The monoisotopic (exact) mass is 525 g/mol. The largest absolute Gasteiger partial charge is 0.329 e. The van der Waals surface area contributed by atoms with Gasteiger partial charge in [-0.15, -0.1) is 10.5 Å². The molecule has 3 heterocycles. The fraction of sp³-hybridized carbons (Fsp3) is 0.0714. The highest BCUT2D eigenvalue weighted by Crippen LogP contribution is 2.29. The van der Waals surface area contributed by atoms with Crippen LogP contribution >= 0.6 is 10.5 Å². The van der Waals surface area contributed by atoms with Crippen LogP contribution < -0.4 is 10.6 Å². The van der Waals surface area contributed by atoms with Gasteiger partial charge in [-0.3, -0.25) is 9.78 Å². The molecule has 1 atom stereocenters. The van der Waals surface area contributed by atoms with Crippen LogP contribution in [0.1, 0.15) is 16.1 Å². The number of carbonyl (C=O) groups excluding carboxylic acids is 1. The van der Waals surface area contributed by atoms with Crippen LogP contribution in [0.15, 0.2) is 84.4 Å². The molecule has 38 heavy (non-hydrogen) atoms. The van der Waals surface area contributed by atoms with Crippen LogP contribution in [0.2, 0.25) is 0 Å². The molecular weight excluding hydrogens is 501 g/mol. The molecule has 0 spiro atoms. The number of nitrogens with one attached hydrogen (secondary N) is 3. The first-order chi connectivity index (χ1) is 18.4. The fourth-order valence-corrected chi connectivity index (χ4v) is 4.26. The van der Waals surface area contributed by atoms with Crippen molar-refractivity contribution >= 4 is 39.6 Å². The molecule has 0 aliphatic carbocycles. The predicted octanol–water partition coefficient (Wildman–Crippen LogP) is 6.06. The van der Waals surface area contributed by atoms with Crippen LogP contribution in [0.4, 0.5) is 21.7 Å². The van der Waals surface area contributed by atoms with Crippen LogP contribution in [-0.2, 0) is 0 Å². The number of nitrogens with zero attached hydrogens (tertiary/aromatic N) is 4. The summed E-state index contributed by atoms with van der Waals surface area (Å²) in [6.07, 6.45) is 7.03. The normalized spacial score (nSPS) is 11.7. The Balaban J connectivity index is 1.40. The van der Waals surface area contributed by atoms with Crippen LogP contribution in [0, 0.1) is 12.7 Å². The summed E-state index contributed by atoms with van der Waals surface area (Å²) < 4.78 is 13.5. The van der Waals surface area contributed by atoms with E-state index in [2.05, 4.69) is 41.4 Å². The molecule has 0 saturated carbocycles. The van der Waals surface area contributed by atoms with Crippen LogP contribution in [0.3, 0.4) is 0 Å². The second kappa shape index (κ2) is 10.7. The molecule has 2 aromatic carbocycles. The smallest absolute Gasteiger partial charge is 0.274 e. The number of halogens is 1. The van der Waals surface area contributed by atoms with Gasteiger partial charge >= 0.3 is 0 Å². The molecule has 0 fully saturated rings. The average molecular weight is 526 g/mol. The Morgan fingerprint density at radius 3 is 2.58 bits per heavy atom. The minimum absolute atomic E-state index is 0.275. The number of H-pyrrole nitrogens is 1. The second-order valence-corrected chi connectivity index (χ2v) is 10.2. The molecule has 0 bridgehead atoms. The van der Waals surface area contributed by atoms with Gasteiger partial charge in [-0.2, -0.15) is 0 Å². The number of benzene rings is 2. The number of hydrogen-bond donors (Lipinski definition) is 3. The van der Waals surface area contributed by atoms with E-state index in [-0.39, 0.29) is 17.4 Å². The third kappa shape index (κ3) is 5.50. The lowest BCUT2D eigenvalue weighted by molar-refractivity contribution is 0.102. The summed E-state index contributed by atoms with van der Waals surface area (Å²) in [6.45, 7) is 1.95. The topological polar surface area (TPSA) is 108 Å². The molecule has 3 N–H and O–H groups in total. The molecule has 5 aromatic rings. The van der Waals surface area contributed by atoms with E-state index in [4.69, 9.17) is 0 Å². The molecule has 0 aliphatic heterocycles. The van der Waals surface area contributed by atoms with Crippen molar-refractivity contribution in [1.82, 2.24) is 24.9 Å². The lowest BCUT2D eigenvalue weighted by atomic mass is 10.1. The number of aromatic amines is 1. The number of imidazole rings is 1. The van der Waals surface area contributed by atoms with Crippen molar-refractivity contribution in [2.24, 2.45) is 0 Å². The van der Waals surface area contributed by atoms with Gasteiger partial charge in [0.1, 0.15) is 17.2 Å². The molecule has 190 valence electrons. The van der Waals surface area contributed by atoms with Crippen molar-refractivity contribution in [3.63, 3.8) is 0 Å². The van der Waals surface area contributed by atoms with Crippen molar-refractivity contribution in [2.45, 2.75) is 12.1 Å². The van der Waals surface area contributed by atoms with Gasteiger partial charge in [0.2, 0.25) is 5.95 Å². The Kier molecular flexibility index (Phi) is 7.05. The van der Waals surface area contributed by atoms with E-state index in [1.54, 1.807) is 30.7 Å². The Bertz CT molecular complexity index is 1640. The summed E-state index contributed by atoms with van der Waals surface area (Å²) in [6, 6.07) is 17.0. The number of pyridine rings is 1. The van der Waals surface area contributed by atoms with Gasteiger partial charge in [-0.25, -0.2) is 19.3 Å². The molecule has 1 unspecified atom stereocenters. The number of aromatic nitrogens is 5. The maximum Gasteiger partial charge on any atom is 0.274 e. The number of rotatable bonds is 7. The maximum atomic E-state index is 13.5. The minimum Gasteiger partial charge on any atom is -0.329 e. The van der Waals surface area contributed by atoms with E-state index in [9.17, 15) is 9.18 Å². The summed E-state index contributed by atoms with van der Waals surface area (Å²) in [5.41, 5.74) is 5.21. The molecule has 0 saturated heterocycles. The fourth-order valence-electron chi connectivity index (χ4n) is 3.74. The van der Waals surface area contributed by atoms with E-state index in [1.807, 2.05) is 49.6 Å². The average Bonchev–Trinajstić information content (AvgIpc) is 3.38. The van der Waals surface area contributed by atoms with Crippen LogP contribution in [0.25, 0.3) is 22.5 Å². The van der Waals surface area contributed by atoms with Gasteiger partial charge in [0.25, 0.3) is 5.91 Å². The zero-order chi connectivity index (χ0) is 26.6. The van der Waals surface area contributed by atoms with Crippen LogP contribution in [0.5, 0.6) is 0 Å². The van der Waals surface area contributed by atoms with Gasteiger partial charge in [-0.05, 0) is 73.3 Å². The van der Waals surface area contributed by atoms with Crippen LogP contribution in [-0.4, -0.2) is 43.0 Å². The zero-order valence-corrected chi connectivity index (χ0v) is 21.5. The molecule has 3 aromatic heterocycles. The number of carbonyl (C=O) groups is 1. The Morgan fingerprint density at radius 2 is 1.84 bits per heavy atom. The van der Waals surface area contributed by atoms with E-state index in [1.165, 1.54) is 12.1 Å². The molecule has 1 amide bonds. The van der Waals surface area contributed by atoms with Crippen molar-refractivity contribution < 1.29 is 9.18 Å². The zero-order valence-electron chi connectivity index (χ0n) is 20.7. The highest BCUT2D eigenvalue weighted by Gasteiger charge is 2.20. The first-order valence-electron chi connectivity index (χ1n) is 11.6. The van der Waals surface area contributed by atoms with Gasteiger partial charge in [0, 0.05) is 41.1 Å². The minimum atomic E-state index is -0.453.